The number of nitrogens with one attached hydrogen (secondary N) is 1. The van der Waals surface area contributed by atoms with E-state index in [9.17, 15) is 4.79 Å². The zero-order valence-corrected chi connectivity index (χ0v) is 16.4. The maximum atomic E-state index is 12.8. The van der Waals surface area contributed by atoms with Crippen LogP contribution in [-0.4, -0.2) is 38.5 Å². The van der Waals surface area contributed by atoms with Gasteiger partial charge in [-0.3, -0.25) is 9.69 Å². The highest BCUT2D eigenvalue weighted by Crippen LogP contribution is 2.24. The minimum Gasteiger partial charge on any atom is -0.322 e. The van der Waals surface area contributed by atoms with Crippen LogP contribution in [0.4, 0.5) is 5.69 Å². The van der Waals surface area contributed by atoms with Crippen molar-refractivity contribution >= 4 is 17.2 Å². The Morgan fingerprint density at radius 2 is 1.93 bits per heavy atom. The molecule has 0 bridgehead atoms. The normalized spacial score (nSPS) is 11.5. The fourth-order valence-corrected chi connectivity index (χ4v) is 3.16. The van der Waals surface area contributed by atoms with Gasteiger partial charge in [0.1, 0.15) is 5.56 Å². The molecule has 0 atom stereocenters. The molecule has 1 N–H and O–H groups in total. The van der Waals surface area contributed by atoms with E-state index in [0.717, 1.165) is 36.4 Å². The molecule has 27 heavy (non-hydrogen) atoms. The lowest BCUT2D eigenvalue weighted by Gasteiger charge is -2.17. The molecule has 0 aliphatic heterocycles. The second-order valence-corrected chi connectivity index (χ2v) is 6.95. The highest BCUT2D eigenvalue weighted by molar-refractivity contribution is 6.08. The molecule has 6 heteroatoms. The van der Waals surface area contributed by atoms with Gasteiger partial charge in [-0.25, -0.2) is 9.50 Å². The Morgan fingerprint density at radius 3 is 2.63 bits per heavy atom. The highest BCUT2D eigenvalue weighted by atomic mass is 16.1. The van der Waals surface area contributed by atoms with Gasteiger partial charge < -0.3 is 5.32 Å². The van der Waals surface area contributed by atoms with Gasteiger partial charge in [0.2, 0.25) is 0 Å². The topological polar surface area (TPSA) is 62.5 Å². The Bertz CT molecular complexity index is 927. The van der Waals surface area contributed by atoms with Crippen molar-refractivity contribution in [2.24, 2.45) is 0 Å². The average Bonchev–Trinajstić information content (AvgIpc) is 3.09. The van der Waals surface area contributed by atoms with Gasteiger partial charge in [0, 0.05) is 30.2 Å². The van der Waals surface area contributed by atoms with E-state index in [1.165, 1.54) is 0 Å². The van der Waals surface area contributed by atoms with Crippen LogP contribution in [0.3, 0.4) is 0 Å². The number of benzene rings is 1. The predicted molar refractivity (Wildman–Crippen MR) is 108 cm³/mol. The van der Waals surface area contributed by atoms with Crippen LogP contribution in [0.2, 0.25) is 0 Å². The van der Waals surface area contributed by atoms with E-state index >= 15 is 0 Å². The van der Waals surface area contributed by atoms with E-state index in [2.05, 4.69) is 48.0 Å². The summed E-state index contributed by atoms with van der Waals surface area (Å²) in [5, 5.41) is 7.34. The molecule has 1 amide bonds. The Balaban J connectivity index is 1.84. The number of rotatable bonds is 7. The summed E-state index contributed by atoms with van der Waals surface area (Å²) in [6, 6.07) is 7.87. The number of aromatic nitrogens is 3. The Kier molecular flexibility index (Phi) is 5.86. The molecule has 0 radical (unpaired) electrons. The summed E-state index contributed by atoms with van der Waals surface area (Å²) >= 11 is 0. The third-order valence-corrected chi connectivity index (χ3v) is 4.79. The summed E-state index contributed by atoms with van der Waals surface area (Å²) in [7, 11) is 0. The van der Waals surface area contributed by atoms with Crippen molar-refractivity contribution in [3.63, 3.8) is 0 Å². The van der Waals surface area contributed by atoms with Gasteiger partial charge in [-0.1, -0.05) is 45.9 Å². The van der Waals surface area contributed by atoms with E-state index in [1.807, 2.05) is 36.7 Å². The van der Waals surface area contributed by atoms with Crippen molar-refractivity contribution in [3.05, 3.63) is 59.5 Å². The first-order valence-corrected chi connectivity index (χ1v) is 9.48. The molecule has 6 nitrogen and oxygen atoms in total. The Hall–Kier alpha value is -2.73. The number of nitrogens with zero attached hydrogens (tertiary/aromatic N) is 4. The van der Waals surface area contributed by atoms with Crippen LogP contribution in [0.15, 0.2) is 42.9 Å². The minimum absolute atomic E-state index is 0.193. The lowest BCUT2D eigenvalue weighted by atomic mass is 10.0. The number of amides is 1. The quantitative estimate of drug-likeness (QED) is 0.689. The molecule has 3 rings (SSSR count). The summed E-state index contributed by atoms with van der Waals surface area (Å²) in [4.78, 5) is 19.6. The lowest BCUT2D eigenvalue weighted by molar-refractivity contribution is 0.102. The van der Waals surface area contributed by atoms with Gasteiger partial charge in [0.05, 0.1) is 6.20 Å². The zero-order chi connectivity index (χ0) is 19.4. The maximum absolute atomic E-state index is 12.8. The second-order valence-electron chi connectivity index (χ2n) is 6.95. The van der Waals surface area contributed by atoms with Crippen molar-refractivity contribution in [2.75, 3.05) is 18.4 Å². The van der Waals surface area contributed by atoms with Gasteiger partial charge in [0.25, 0.3) is 5.91 Å². The molecule has 0 aliphatic carbocycles. The fourth-order valence-electron chi connectivity index (χ4n) is 3.16. The molecule has 0 fully saturated rings. The molecular formula is C21H27N5O. The van der Waals surface area contributed by atoms with Crippen molar-refractivity contribution in [2.45, 2.75) is 40.2 Å². The maximum Gasteiger partial charge on any atom is 0.261 e. The van der Waals surface area contributed by atoms with Crippen LogP contribution >= 0.6 is 0 Å². The molecular weight excluding hydrogens is 338 g/mol. The molecule has 0 saturated carbocycles. The number of carbonyl (C=O) groups excluding carboxylic acids is 1. The van der Waals surface area contributed by atoms with Gasteiger partial charge in [-0.05, 0) is 30.6 Å². The van der Waals surface area contributed by atoms with Crippen molar-refractivity contribution in [1.29, 1.82) is 0 Å². The van der Waals surface area contributed by atoms with Crippen LogP contribution < -0.4 is 5.32 Å². The first-order chi connectivity index (χ1) is 13.0. The monoisotopic (exact) mass is 365 g/mol. The van der Waals surface area contributed by atoms with Crippen molar-refractivity contribution in [1.82, 2.24) is 19.5 Å². The molecule has 3 aromatic rings. The Morgan fingerprint density at radius 1 is 1.19 bits per heavy atom. The number of hydrogen-bond acceptors (Lipinski definition) is 4. The van der Waals surface area contributed by atoms with Crippen LogP contribution in [0, 0.1) is 0 Å². The summed E-state index contributed by atoms with van der Waals surface area (Å²) in [6.45, 7) is 11.3. The SMILES string of the molecule is CCN(CC)Cc1cnc2c(C(=O)Nc3ccccc3C(C)C)cnn2c1. The molecule has 0 spiro atoms. The smallest absolute Gasteiger partial charge is 0.261 e. The zero-order valence-electron chi connectivity index (χ0n) is 16.4. The van der Waals surface area contributed by atoms with Gasteiger partial charge >= 0.3 is 0 Å². The van der Waals surface area contributed by atoms with Crippen LogP contribution in [0.1, 0.15) is 55.1 Å². The number of carbonyl (C=O) groups is 1. The third kappa shape index (κ3) is 4.17. The van der Waals surface area contributed by atoms with Crippen LogP contribution in [0.5, 0.6) is 0 Å². The van der Waals surface area contributed by atoms with Crippen molar-refractivity contribution in [3.8, 4) is 0 Å². The van der Waals surface area contributed by atoms with E-state index < -0.39 is 0 Å². The summed E-state index contributed by atoms with van der Waals surface area (Å²) in [6.07, 6.45) is 5.35. The van der Waals surface area contributed by atoms with Crippen LogP contribution in [0.25, 0.3) is 5.65 Å². The average molecular weight is 365 g/mol. The van der Waals surface area contributed by atoms with E-state index in [-0.39, 0.29) is 5.91 Å². The van der Waals surface area contributed by atoms with Gasteiger partial charge in [-0.2, -0.15) is 5.10 Å². The molecule has 0 saturated heterocycles. The molecule has 142 valence electrons. The number of fused-ring (bicyclic) bond motifs is 1. The molecule has 1 aromatic carbocycles. The van der Waals surface area contributed by atoms with Crippen molar-refractivity contribution < 1.29 is 4.79 Å². The van der Waals surface area contributed by atoms with E-state index in [0.29, 0.717) is 17.1 Å². The molecule has 0 aliphatic rings. The van der Waals surface area contributed by atoms with Crippen LogP contribution in [-0.2, 0) is 6.54 Å². The lowest BCUT2D eigenvalue weighted by Crippen LogP contribution is -2.22. The summed E-state index contributed by atoms with van der Waals surface area (Å²) < 4.78 is 1.68. The Labute approximate surface area is 160 Å². The summed E-state index contributed by atoms with van der Waals surface area (Å²) in [5.74, 6) is 0.133. The number of para-hydroxylation sites is 1. The number of anilines is 1. The summed E-state index contributed by atoms with van der Waals surface area (Å²) in [5.41, 5.74) is 4.05. The fraction of sp³-hybridized carbons (Fsp3) is 0.381. The molecule has 2 aromatic heterocycles. The van der Waals surface area contributed by atoms with E-state index in [1.54, 1.807) is 10.7 Å². The first kappa shape index (κ1) is 19.0. The van der Waals surface area contributed by atoms with E-state index in [4.69, 9.17) is 0 Å². The second kappa shape index (κ2) is 8.31. The predicted octanol–water partition coefficient (Wildman–Crippen LogP) is 3.95. The highest BCUT2D eigenvalue weighted by Gasteiger charge is 2.16. The first-order valence-electron chi connectivity index (χ1n) is 9.48. The number of hydrogen-bond donors (Lipinski definition) is 1. The largest absolute Gasteiger partial charge is 0.322 e. The standard InChI is InChI=1S/C21H27N5O/c1-5-25(6-2)13-16-11-22-20-18(12-23-26(20)14-16)21(27)24-19-10-8-7-9-17(19)15(3)4/h7-12,14-15H,5-6,13H2,1-4H3,(H,24,27). The molecule has 2 heterocycles. The minimum atomic E-state index is -0.193. The van der Waals surface area contributed by atoms with Gasteiger partial charge in [0.15, 0.2) is 5.65 Å². The van der Waals surface area contributed by atoms with Gasteiger partial charge in [-0.15, -0.1) is 0 Å². The molecule has 0 unspecified atom stereocenters. The third-order valence-electron chi connectivity index (χ3n) is 4.79.